The number of benzene rings is 2. The predicted molar refractivity (Wildman–Crippen MR) is 122 cm³/mol. The normalized spacial score (nSPS) is 10.9. The highest BCUT2D eigenvalue weighted by Crippen LogP contribution is 2.26. The molecule has 2 aromatic carbocycles. The first-order valence-electron chi connectivity index (χ1n) is 9.71. The van der Waals surface area contributed by atoms with Crippen molar-refractivity contribution in [3.05, 3.63) is 88.4 Å². The van der Waals surface area contributed by atoms with E-state index < -0.39 is 0 Å². The molecule has 8 heteroatoms. The van der Waals surface area contributed by atoms with Crippen molar-refractivity contribution in [3.8, 4) is 11.4 Å². The van der Waals surface area contributed by atoms with E-state index >= 15 is 0 Å². The molecule has 4 rings (SSSR count). The van der Waals surface area contributed by atoms with Crippen LogP contribution >= 0.6 is 23.1 Å². The Labute approximate surface area is 188 Å². The second-order valence-corrected chi connectivity index (χ2v) is 8.78. The first kappa shape index (κ1) is 21.3. The summed E-state index contributed by atoms with van der Waals surface area (Å²) < 4.78 is 15.4. The van der Waals surface area contributed by atoms with Gasteiger partial charge in [-0.05, 0) is 52.2 Å². The molecule has 0 saturated heterocycles. The summed E-state index contributed by atoms with van der Waals surface area (Å²) in [4.78, 5) is 14.4. The number of halogens is 1. The molecule has 0 fully saturated rings. The summed E-state index contributed by atoms with van der Waals surface area (Å²) in [5, 5.41) is 13.4. The molecule has 2 aromatic heterocycles. The molecule has 2 heterocycles. The molecule has 31 heavy (non-hydrogen) atoms. The van der Waals surface area contributed by atoms with Crippen molar-refractivity contribution in [3.63, 3.8) is 0 Å². The lowest BCUT2D eigenvalue weighted by molar-refractivity contribution is -0.127. The van der Waals surface area contributed by atoms with Crippen LogP contribution in [0, 0.1) is 5.82 Å². The molecule has 0 aliphatic carbocycles. The summed E-state index contributed by atoms with van der Waals surface area (Å²) in [6.07, 6.45) is 0. The smallest absolute Gasteiger partial charge is 0.233 e. The zero-order chi connectivity index (χ0) is 21.6. The van der Waals surface area contributed by atoms with Crippen molar-refractivity contribution >= 4 is 29.0 Å². The summed E-state index contributed by atoms with van der Waals surface area (Å²) in [5.74, 6) is 0.628. The van der Waals surface area contributed by atoms with E-state index in [9.17, 15) is 9.18 Å². The highest BCUT2D eigenvalue weighted by molar-refractivity contribution is 7.99. The number of carbonyl (C=O) groups is 1. The van der Waals surface area contributed by atoms with Crippen LogP contribution in [0.25, 0.3) is 11.4 Å². The van der Waals surface area contributed by atoms with Crippen molar-refractivity contribution in [2.75, 3.05) is 12.8 Å². The van der Waals surface area contributed by atoms with Crippen LogP contribution in [-0.4, -0.2) is 38.4 Å². The van der Waals surface area contributed by atoms with Gasteiger partial charge in [0.2, 0.25) is 5.91 Å². The van der Waals surface area contributed by atoms with Gasteiger partial charge in [0.05, 0.1) is 12.3 Å². The van der Waals surface area contributed by atoms with Gasteiger partial charge in [0.1, 0.15) is 5.82 Å². The third-order valence-corrected chi connectivity index (χ3v) is 6.44. The van der Waals surface area contributed by atoms with Crippen molar-refractivity contribution in [2.45, 2.75) is 18.2 Å². The van der Waals surface area contributed by atoms with Crippen LogP contribution in [0.3, 0.4) is 0 Å². The molecule has 0 radical (unpaired) electrons. The molecule has 0 saturated carbocycles. The SMILES string of the molecule is CN(Cc1ccsc1)C(=O)CSc1nnc(-c2ccc(F)cc2)n1Cc1ccccc1. The van der Waals surface area contributed by atoms with Crippen LogP contribution in [0.4, 0.5) is 4.39 Å². The van der Waals surface area contributed by atoms with Crippen LogP contribution < -0.4 is 0 Å². The van der Waals surface area contributed by atoms with E-state index in [2.05, 4.69) is 10.2 Å². The van der Waals surface area contributed by atoms with E-state index in [1.165, 1.54) is 23.9 Å². The molecule has 1 amide bonds. The quantitative estimate of drug-likeness (QED) is 0.355. The van der Waals surface area contributed by atoms with Crippen LogP contribution in [0.15, 0.2) is 76.6 Å². The summed E-state index contributed by atoms with van der Waals surface area (Å²) in [7, 11) is 1.80. The van der Waals surface area contributed by atoms with Gasteiger partial charge in [0.25, 0.3) is 0 Å². The van der Waals surface area contributed by atoms with E-state index in [4.69, 9.17) is 0 Å². The molecular formula is C23H21FN4OS2. The van der Waals surface area contributed by atoms with Gasteiger partial charge in [-0.2, -0.15) is 11.3 Å². The Morgan fingerprint density at radius 3 is 2.55 bits per heavy atom. The monoisotopic (exact) mass is 452 g/mol. The molecule has 0 N–H and O–H groups in total. The lowest BCUT2D eigenvalue weighted by atomic mass is 10.2. The van der Waals surface area contributed by atoms with Gasteiger partial charge >= 0.3 is 0 Å². The maximum absolute atomic E-state index is 13.4. The number of amides is 1. The number of rotatable bonds is 8. The third kappa shape index (κ3) is 5.39. The van der Waals surface area contributed by atoms with E-state index in [1.807, 2.05) is 51.7 Å². The fraction of sp³-hybridized carbons (Fsp3) is 0.174. The Morgan fingerprint density at radius 2 is 1.84 bits per heavy atom. The minimum absolute atomic E-state index is 0.0220. The Kier molecular flexibility index (Phi) is 6.79. The van der Waals surface area contributed by atoms with E-state index in [-0.39, 0.29) is 17.5 Å². The molecule has 0 bridgehead atoms. The molecule has 0 aliphatic rings. The minimum Gasteiger partial charge on any atom is -0.341 e. The number of hydrogen-bond donors (Lipinski definition) is 0. The predicted octanol–water partition coefficient (Wildman–Crippen LogP) is 4.94. The van der Waals surface area contributed by atoms with Crippen LogP contribution in [0.2, 0.25) is 0 Å². The number of thioether (sulfide) groups is 1. The van der Waals surface area contributed by atoms with Gasteiger partial charge in [-0.3, -0.25) is 9.36 Å². The molecule has 0 atom stereocenters. The van der Waals surface area contributed by atoms with E-state index in [0.717, 1.165) is 16.7 Å². The Balaban J connectivity index is 1.53. The molecule has 5 nitrogen and oxygen atoms in total. The van der Waals surface area contributed by atoms with Gasteiger partial charge in [-0.25, -0.2) is 4.39 Å². The van der Waals surface area contributed by atoms with Gasteiger partial charge in [0, 0.05) is 19.2 Å². The number of thiophene rings is 1. The van der Waals surface area contributed by atoms with Crippen molar-refractivity contribution in [1.82, 2.24) is 19.7 Å². The summed E-state index contributed by atoms with van der Waals surface area (Å²) in [6.45, 7) is 1.14. The first-order valence-corrected chi connectivity index (χ1v) is 11.6. The van der Waals surface area contributed by atoms with Crippen molar-refractivity contribution < 1.29 is 9.18 Å². The highest BCUT2D eigenvalue weighted by atomic mass is 32.2. The lowest BCUT2D eigenvalue weighted by Gasteiger charge is -2.16. The minimum atomic E-state index is -0.299. The second-order valence-electron chi connectivity index (χ2n) is 7.05. The van der Waals surface area contributed by atoms with Crippen molar-refractivity contribution in [1.29, 1.82) is 0 Å². The summed E-state index contributed by atoms with van der Waals surface area (Å²) >= 11 is 2.98. The maximum atomic E-state index is 13.4. The van der Waals surface area contributed by atoms with Gasteiger partial charge in [-0.1, -0.05) is 42.1 Å². The second kappa shape index (κ2) is 9.89. The van der Waals surface area contributed by atoms with E-state index in [0.29, 0.717) is 24.1 Å². The van der Waals surface area contributed by atoms with Gasteiger partial charge in [0.15, 0.2) is 11.0 Å². The number of aromatic nitrogens is 3. The molecule has 0 unspecified atom stereocenters. The molecule has 0 aliphatic heterocycles. The first-order chi connectivity index (χ1) is 15.1. The van der Waals surface area contributed by atoms with E-state index in [1.54, 1.807) is 35.4 Å². The molecule has 0 spiro atoms. The van der Waals surface area contributed by atoms with Crippen LogP contribution in [0.5, 0.6) is 0 Å². The van der Waals surface area contributed by atoms with Crippen LogP contribution in [-0.2, 0) is 17.9 Å². The number of nitrogens with zero attached hydrogens (tertiary/aromatic N) is 4. The third-order valence-electron chi connectivity index (χ3n) is 4.75. The lowest BCUT2D eigenvalue weighted by Crippen LogP contribution is -2.27. The summed E-state index contributed by atoms with van der Waals surface area (Å²) in [6, 6.07) is 18.2. The average molecular weight is 453 g/mol. The Morgan fingerprint density at radius 1 is 1.06 bits per heavy atom. The van der Waals surface area contributed by atoms with Gasteiger partial charge in [-0.15, -0.1) is 10.2 Å². The van der Waals surface area contributed by atoms with Crippen molar-refractivity contribution in [2.24, 2.45) is 0 Å². The van der Waals surface area contributed by atoms with Crippen LogP contribution in [0.1, 0.15) is 11.1 Å². The topological polar surface area (TPSA) is 51.0 Å². The fourth-order valence-electron chi connectivity index (χ4n) is 3.10. The Hall–Kier alpha value is -2.97. The number of carbonyl (C=O) groups excluding carboxylic acids is 1. The Bertz CT molecular complexity index is 1130. The summed E-state index contributed by atoms with van der Waals surface area (Å²) in [5.41, 5.74) is 2.99. The zero-order valence-corrected chi connectivity index (χ0v) is 18.6. The maximum Gasteiger partial charge on any atom is 0.233 e. The fourth-order valence-corrected chi connectivity index (χ4v) is 4.64. The average Bonchev–Trinajstić information content (AvgIpc) is 3.43. The number of hydrogen-bond acceptors (Lipinski definition) is 5. The highest BCUT2D eigenvalue weighted by Gasteiger charge is 2.18. The largest absolute Gasteiger partial charge is 0.341 e. The standard InChI is InChI=1S/C23H21FN4OS2/c1-27(13-18-11-12-30-15-18)21(29)16-31-23-26-25-22(19-7-9-20(24)10-8-19)28(23)14-17-5-3-2-4-6-17/h2-12,15H,13-14,16H2,1H3. The zero-order valence-electron chi connectivity index (χ0n) is 16.9. The van der Waals surface area contributed by atoms with Gasteiger partial charge < -0.3 is 4.90 Å². The molecule has 4 aromatic rings. The molecule has 158 valence electrons. The molecular weight excluding hydrogens is 431 g/mol.